The Balaban J connectivity index is 2.22. The van der Waals surface area contributed by atoms with Gasteiger partial charge in [0.05, 0.1) is 5.56 Å². The first-order chi connectivity index (χ1) is 8.70. The van der Waals surface area contributed by atoms with Gasteiger partial charge in [-0.1, -0.05) is 0 Å². The molecule has 2 aromatic heterocycles. The molecule has 0 aliphatic heterocycles. The molecular formula is C12H8N4O2. The van der Waals surface area contributed by atoms with E-state index in [0.717, 1.165) is 0 Å². The zero-order valence-corrected chi connectivity index (χ0v) is 9.16. The smallest absolute Gasteiger partial charge is 0.278 e. The number of rotatable bonds is 2. The summed E-state index contributed by atoms with van der Waals surface area (Å²) in [6, 6.07) is 6.23. The fraction of sp³-hybridized carbons (Fsp3) is 0. The number of carbonyl (C=O) groups excluding carboxylic acids is 1. The summed E-state index contributed by atoms with van der Waals surface area (Å²) in [4.78, 5) is 19.4. The summed E-state index contributed by atoms with van der Waals surface area (Å²) in [5, 5.41) is 20.8. The van der Waals surface area contributed by atoms with E-state index in [4.69, 9.17) is 5.26 Å². The molecule has 2 heterocycles. The highest BCUT2D eigenvalue weighted by atomic mass is 16.3. The summed E-state index contributed by atoms with van der Waals surface area (Å²) in [7, 11) is 0. The highest BCUT2D eigenvalue weighted by Crippen LogP contribution is 2.17. The predicted octanol–water partition coefficient (Wildman–Crippen LogP) is 1.31. The van der Waals surface area contributed by atoms with Gasteiger partial charge in [-0.3, -0.25) is 9.78 Å². The van der Waals surface area contributed by atoms with Crippen LogP contribution in [0.15, 0.2) is 36.8 Å². The van der Waals surface area contributed by atoms with Crippen molar-refractivity contribution in [2.75, 3.05) is 5.32 Å². The summed E-state index contributed by atoms with van der Waals surface area (Å²) in [6.45, 7) is 0. The zero-order valence-electron chi connectivity index (χ0n) is 9.16. The van der Waals surface area contributed by atoms with Gasteiger partial charge in [-0.15, -0.1) is 0 Å². The standard InChI is InChI=1S/C12H8N4O2/c13-6-8-5-10(17)11(15-7-8)12(18)16-9-1-3-14-4-2-9/h1-5,7,17H,(H,14,16,18). The average molecular weight is 240 g/mol. The molecule has 0 spiro atoms. The van der Waals surface area contributed by atoms with Gasteiger partial charge in [-0.05, 0) is 12.1 Å². The van der Waals surface area contributed by atoms with Crippen molar-refractivity contribution in [3.63, 3.8) is 0 Å². The molecule has 0 radical (unpaired) electrons. The molecule has 88 valence electrons. The monoisotopic (exact) mass is 240 g/mol. The molecule has 6 heteroatoms. The first-order valence-electron chi connectivity index (χ1n) is 5.01. The van der Waals surface area contributed by atoms with Crippen molar-refractivity contribution >= 4 is 11.6 Å². The largest absolute Gasteiger partial charge is 0.505 e. The fourth-order valence-electron chi connectivity index (χ4n) is 1.31. The van der Waals surface area contributed by atoms with Crippen molar-refractivity contribution < 1.29 is 9.90 Å². The van der Waals surface area contributed by atoms with Crippen LogP contribution in [0.3, 0.4) is 0 Å². The predicted molar refractivity (Wildman–Crippen MR) is 62.8 cm³/mol. The lowest BCUT2D eigenvalue weighted by Gasteiger charge is -2.05. The number of hydrogen-bond donors (Lipinski definition) is 2. The van der Waals surface area contributed by atoms with Crippen LogP contribution >= 0.6 is 0 Å². The SMILES string of the molecule is N#Cc1cnc(C(=O)Nc2ccncc2)c(O)c1. The molecule has 2 aromatic rings. The third-order valence-electron chi connectivity index (χ3n) is 2.15. The van der Waals surface area contributed by atoms with Gasteiger partial charge in [0, 0.05) is 30.3 Å². The molecule has 0 aliphatic rings. The number of nitriles is 1. The lowest BCUT2D eigenvalue weighted by Crippen LogP contribution is -2.13. The number of pyridine rings is 2. The number of aromatic hydroxyl groups is 1. The van der Waals surface area contributed by atoms with Crippen LogP contribution in [0, 0.1) is 11.3 Å². The second kappa shape index (κ2) is 4.93. The summed E-state index contributed by atoms with van der Waals surface area (Å²) >= 11 is 0. The third kappa shape index (κ3) is 2.41. The van der Waals surface area contributed by atoms with E-state index in [-0.39, 0.29) is 17.0 Å². The van der Waals surface area contributed by atoms with Gasteiger partial charge in [-0.2, -0.15) is 5.26 Å². The number of nitrogens with one attached hydrogen (secondary N) is 1. The second-order valence-corrected chi connectivity index (χ2v) is 3.39. The Bertz CT molecular complexity index is 620. The number of nitrogens with zero attached hydrogens (tertiary/aromatic N) is 3. The zero-order chi connectivity index (χ0) is 13.0. The topological polar surface area (TPSA) is 98.9 Å². The first-order valence-corrected chi connectivity index (χ1v) is 5.01. The van der Waals surface area contributed by atoms with E-state index in [1.54, 1.807) is 12.1 Å². The van der Waals surface area contributed by atoms with Gasteiger partial charge in [0.1, 0.15) is 11.8 Å². The van der Waals surface area contributed by atoms with Crippen LogP contribution in [-0.2, 0) is 0 Å². The molecule has 0 aromatic carbocycles. The van der Waals surface area contributed by atoms with Crippen LogP contribution in [-0.4, -0.2) is 21.0 Å². The van der Waals surface area contributed by atoms with Crippen molar-refractivity contribution in [3.05, 3.63) is 48.0 Å². The van der Waals surface area contributed by atoms with Crippen LogP contribution in [0.1, 0.15) is 16.1 Å². The van der Waals surface area contributed by atoms with E-state index in [1.807, 2.05) is 6.07 Å². The Morgan fingerprint density at radius 2 is 2.11 bits per heavy atom. The molecule has 2 rings (SSSR count). The number of aromatic nitrogens is 2. The molecule has 6 nitrogen and oxygen atoms in total. The minimum absolute atomic E-state index is 0.134. The Labute approximate surface area is 103 Å². The van der Waals surface area contributed by atoms with E-state index < -0.39 is 5.91 Å². The van der Waals surface area contributed by atoms with E-state index >= 15 is 0 Å². The van der Waals surface area contributed by atoms with Gasteiger partial charge in [0.25, 0.3) is 5.91 Å². The summed E-state index contributed by atoms with van der Waals surface area (Å²) < 4.78 is 0. The van der Waals surface area contributed by atoms with Gasteiger partial charge in [0.2, 0.25) is 0 Å². The Kier molecular flexibility index (Phi) is 3.16. The van der Waals surface area contributed by atoms with Crippen LogP contribution in [0.25, 0.3) is 0 Å². The Hall–Kier alpha value is -2.94. The highest BCUT2D eigenvalue weighted by molar-refractivity contribution is 6.04. The molecule has 0 saturated carbocycles. The maximum atomic E-state index is 11.8. The quantitative estimate of drug-likeness (QED) is 0.824. The highest BCUT2D eigenvalue weighted by Gasteiger charge is 2.13. The molecule has 0 aliphatic carbocycles. The van der Waals surface area contributed by atoms with Crippen molar-refractivity contribution in [2.45, 2.75) is 0 Å². The normalized spacial score (nSPS) is 9.50. The number of hydrogen-bond acceptors (Lipinski definition) is 5. The molecule has 0 atom stereocenters. The molecule has 0 saturated heterocycles. The fourth-order valence-corrected chi connectivity index (χ4v) is 1.31. The Morgan fingerprint density at radius 1 is 1.39 bits per heavy atom. The van der Waals surface area contributed by atoms with Gasteiger partial charge in [0.15, 0.2) is 5.69 Å². The Morgan fingerprint density at radius 3 is 2.72 bits per heavy atom. The van der Waals surface area contributed by atoms with E-state index in [0.29, 0.717) is 5.69 Å². The minimum atomic E-state index is -0.553. The third-order valence-corrected chi connectivity index (χ3v) is 2.15. The summed E-state index contributed by atoms with van der Waals surface area (Å²) in [5.41, 5.74) is 0.597. The number of anilines is 1. The van der Waals surface area contributed by atoms with Crippen LogP contribution < -0.4 is 5.32 Å². The molecule has 0 fully saturated rings. The van der Waals surface area contributed by atoms with Gasteiger partial charge >= 0.3 is 0 Å². The molecule has 2 N–H and O–H groups in total. The second-order valence-electron chi connectivity index (χ2n) is 3.39. The van der Waals surface area contributed by atoms with E-state index in [2.05, 4.69) is 15.3 Å². The lowest BCUT2D eigenvalue weighted by molar-refractivity contribution is 0.101. The van der Waals surface area contributed by atoms with Crippen molar-refractivity contribution in [1.29, 1.82) is 5.26 Å². The van der Waals surface area contributed by atoms with Crippen LogP contribution in [0.2, 0.25) is 0 Å². The molecular weight excluding hydrogens is 232 g/mol. The van der Waals surface area contributed by atoms with Crippen LogP contribution in [0.5, 0.6) is 5.75 Å². The maximum Gasteiger partial charge on any atom is 0.278 e. The molecule has 18 heavy (non-hydrogen) atoms. The number of carbonyl (C=O) groups is 1. The van der Waals surface area contributed by atoms with Crippen molar-refractivity contribution in [1.82, 2.24) is 9.97 Å². The van der Waals surface area contributed by atoms with Crippen LogP contribution in [0.4, 0.5) is 5.69 Å². The van der Waals surface area contributed by atoms with Crippen molar-refractivity contribution in [3.8, 4) is 11.8 Å². The number of amides is 1. The average Bonchev–Trinajstić information content (AvgIpc) is 2.39. The summed E-state index contributed by atoms with van der Waals surface area (Å²) in [6.07, 6.45) is 4.28. The summed E-state index contributed by atoms with van der Waals surface area (Å²) in [5.74, 6) is -0.885. The molecule has 0 unspecified atom stereocenters. The molecule has 0 bridgehead atoms. The van der Waals surface area contributed by atoms with E-state index in [1.165, 1.54) is 24.7 Å². The lowest BCUT2D eigenvalue weighted by atomic mass is 10.2. The van der Waals surface area contributed by atoms with E-state index in [9.17, 15) is 9.90 Å². The van der Waals surface area contributed by atoms with Gasteiger partial charge in [-0.25, -0.2) is 4.98 Å². The minimum Gasteiger partial charge on any atom is -0.505 e. The van der Waals surface area contributed by atoms with Crippen molar-refractivity contribution in [2.24, 2.45) is 0 Å². The maximum absolute atomic E-state index is 11.8. The van der Waals surface area contributed by atoms with Gasteiger partial charge < -0.3 is 10.4 Å². The first kappa shape index (κ1) is 11.5. The molecule has 1 amide bonds.